The first-order chi connectivity index (χ1) is 23.4. The Bertz CT molecular complexity index is 643. The van der Waals surface area contributed by atoms with E-state index in [2.05, 4.69) is 27.7 Å². The van der Waals surface area contributed by atoms with Gasteiger partial charge in [-0.1, -0.05) is 178 Å². The third-order valence-electron chi connectivity index (χ3n) is 8.55. The van der Waals surface area contributed by atoms with Crippen LogP contribution in [0.25, 0.3) is 0 Å². The summed E-state index contributed by atoms with van der Waals surface area (Å²) in [5.74, 6) is 2.17. The Labute approximate surface area is 319 Å². The molecule has 0 amide bonds. The molecule has 10 heteroatoms. The highest BCUT2D eigenvalue weighted by Gasteiger charge is 2.20. The van der Waals surface area contributed by atoms with Crippen LogP contribution in [0.3, 0.4) is 0 Å². The molecule has 0 aromatic heterocycles. The molecule has 0 aromatic carbocycles. The lowest BCUT2D eigenvalue weighted by Gasteiger charge is -2.23. The van der Waals surface area contributed by atoms with E-state index in [4.69, 9.17) is 41.7 Å². The molecule has 48 heavy (non-hydrogen) atoms. The van der Waals surface area contributed by atoms with Crippen molar-refractivity contribution in [2.45, 2.75) is 195 Å². The van der Waals surface area contributed by atoms with Gasteiger partial charge >= 0.3 is 0 Å². The molecule has 0 aliphatic heterocycles. The van der Waals surface area contributed by atoms with Crippen LogP contribution in [-0.4, -0.2) is 50.3 Å². The second-order valence-corrected chi connectivity index (χ2v) is 23.8. The molecule has 0 saturated carbocycles. The molecule has 290 valence electrons. The van der Waals surface area contributed by atoms with E-state index >= 15 is 0 Å². The lowest BCUT2D eigenvalue weighted by molar-refractivity contribution is 0.237. The molecule has 0 spiro atoms. The zero-order valence-electron chi connectivity index (χ0n) is 32.2. The minimum Gasteiger partial charge on any atom is -0.329 e. The van der Waals surface area contributed by atoms with Crippen LogP contribution in [0.4, 0.5) is 0 Å². The molecule has 0 aliphatic carbocycles. The van der Waals surface area contributed by atoms with Crippen LogP contribution in [0.2, 0.25) is 0 Å². The first-order valence-electron chi connectivity index (χ1n) is 20.5. The molecule has 0 aliphatic rings. The summed E-state index contributed by atoms with van der Waals surface area (Å²) in [6.45, 7) is 7.71. The Kier molecular flexibility index (Phi) is 40.0. The van der Waals surface area contributed by atoms with Crippen LogP contribution >= 0.6 is 34.6 Å². The first-order valence-corrected chi connectivity index (χ1v) is 28.6. The predicted molar refractivity (Wildman–Crippen MR) is 230 cm³/mol. The smallest absolute Gasteiger partial charge is 0.188 e. The van der Waals surface area contributed by atoms with Gasteiger partial charge in [-0.2, -0.15) is 0 Å². The lowest BCUT2D eigenvalue weighted by atomic mass is 10.1. The van der Waals surface area contributed by atoms with Crippen molar-refractivity contribution in [2.24, 2.45) is 0 Å². The Hall–Kier alpha value is 1.84. The summed E-state index contributed by atoms with van der Waals surface area (Å²) in [7, 11) is 3.92. The van der Waals surface area contributed by atoms with E-state index in [0.29, 0.717) is 0 Å². The minimum absolute atomic E-state index is 0.760. The first kappa shape index (κ1) is 49.8. The summed E-state index contributed by atoms with van der Waals surface area (Å²) in [5.41, 5.74) is 0. The average Bonchev–Trinajstić information content (AvgIpc) is 3.08. The largest absolute Gasteiger partial charge is 0.329 e. The van der Waals surface area contributed by atoms with Gasteiger partial charge in [0, 0.05) is 23.8 Å². The topological polar surface area (TPSA) is 36.9 Å². The van der Waals surface area contributed by atoms with Crippen molar-refractivity contribution in [3.63, 3.8) is 0 Å². The molecule has 0 radical (unpaired) electrons. The molecular formula is C38H80O4P2S4. The molecule has 0 bridgehead atoms. The summed E-state index contributed by atoms with van der Waals surface area (Å²) in [6, 6.07) is 0. The van der Waals surface area contributed by atoms with Crippen molar-refractivity contribution in [1.29, 1.82) is 0 Å². The molecule has 0 N–H and O–H groups in total. The number of rotatable bonds is 41. The second-order valence-electron chi connectivity index (χ2n) is 13.4. The Balaban J connectivity index is 4.48. The highest BCUT2D eigenvalue weighted by molar-refractivity contribution is 8.76. The molecule has 0 fully saturated rings. The highest BCUT2D eigenvalue weighted by atomic mass is 33.1. The maximum atomic E-state index is 6.34. The van der Waals surface area contributed by atoms with Gasteiger partial charge in [-0.3, -0.25) is 0 Å². The van der Waals surface area contributed by atoms with E-state index in [0.717, 1.165) is 88.8 Å². The molecule has 0 heterocycles. The lowest BCUT2D eigenvalue weighted by Crippen LogP contribution is -2.04. The summed E-state index contributed by atoms with van der Waals surface area (Å²) in [6.07, 6.45) is 34.3. The van der Waals surface area contributed by atoms with E-state index in [1.807, 2.05) is 21.6 Å². The fourth-order valence-corrected chi connectivity index (χ4v) is 13.1. The number of unbranched alkanes of at least 4 members (excludes halogenated alkanes) is 20. The zero-order chi connectivity index (χ0) is 35.3. The third kappa shape index (κ3) is 34.9. The number of hydrogen-bond donors (Lipinski definition) is 0. The van der Waals surface area contributed by atoms with Gasteiger partial charge in [0.1, 0.15) is 0 Å². The maximum absolute atomic E-state index is 6.34. The number of hydrogen-bond acceptors (Lipinski definition) is 8. The minimum atomic E-state index is -2.20. The van der Waals surface area contributed by atoms with Gasteiger partial charge in [-0.25, -0.2) is 0 Å². The van der Waals surface area contributed by atoms with Gasteiger partial charge in [-0.05, 0) is 62.1 Å². The van der Waals surface area contributed by atoms with Crippen LogP contribution in [0.5, 0.6) is 0 Å². The van der Waals surface area contributed by atoms with Crippen LogP contribution in [-0.2, 0) is 41.7 Å². The van der Waals surface area contributed by atoms with Crippen LogP contribution in [0, 0.1) is 0 Å². The Morgan fingerprint density at radius 3 is 0.812 bits per heavy atom. The Morgan fingerprint density at radius 1 is 0.333 bits per heavy atom. The maximum Gasteiger partial charge on any atom is 0.188 e. The van der Waals surface area contributed by atoms with E-state index in [1.54, 1.807) is 0 Å². The molecule has 4 nitrogen and oxygen atoms in total. The monoisotopic (exact) mass is 790 g/mol. The van der Waals surface area contributed by atoms with Gasteiger partial charge in [0.05, 0.1) is 26.4 Å². The van der Waals surface area contributed by atoms with E-state index in [9.17, 15) is 0 Å². The van der Waals surface area contributed by atoms with Crippen molar-refractivity contribution in [1.82, 2.24) is 0 Å². The van der Waals surface area contributed by atoms with Gasteiger partial charge in [0.25, 0.3) is 0 Å². The van der Waals surface area contributed by atoms with Gasteiger partial charge in [0.2, 0.25) is 0 Å². The van der Waals surface area contributed by atoms with Crippen LogP contribution < -0.4 is 0 Å². The van der Waals surface area contributed by atoms with Crippen molar-refractivity contribution in [3.05, 3.63) is 0 Å². The summed E-state index contributed by atoms with van der Waals surface area (Å²) >= 11 is 12.1. The van der Waals surface area contributed by atoms with Crippen molar-refractivity contribution in [2.75, 3.05) is 50.3 Å². The van der Waals surface area contributed by atoms with Gasteiger partial charge in [0.15, 0.2) is 13.0 Å². The summed E-state index contributed by atoms with van der Waals surface area (Å²) < 4.78 is 25.4. The van der Waals surface area contributed by atoms with Crippen molar-refractivity contribution in [3.8, 4) is 0 Å². The van der Waals surface area contributed by atoms with E-state index < -0.39 is 13.0 Å². The Morgan fingerprint density at radius 2 is 0.562 bits per heavy atom. The highest BCUT2D eigenvalue weighted by Crippen LogP contribution is 2.51. The predicted octanol–water partition coefficient (Wildman–Crippen LogP) is 15.3. The molecule has 0 unspecified atom stereocenters. The zero-order valence-corrected chi connectivity index (χ0v) is 37.3. The fourth-order valence-electron chi connectivity index (χ4n) is 5.43. The SMILES string of the molecule is CCCCCCCCOP(=S)(CCCSSCCCP(=S)(OCCCCCCCC)OCCCCCCCC)OCCCCCCCC. The molecule has 0 aromatic rings. The fraction of sp³-hybridized carbons (Fsp3) is 1.00. The van der Waals surface area contributed by atoms with E-state index in [1.165, 1.54) is 128 Å². The van der Waals surface area contributed by atoms with E-state index in [-0.39, 0.29) is 0 Å². The average molecular weight is 791 g/mol. The molecular weight excluding hydrogens is 711 g/mol. The molecule has 0 rings (SSSR count). The summed E-state index contributed by atoms with van der Waals surface area (Å²) in [4.78, 5) is 0. The van der Waals surface area contributed by atoms with Gasteiger partial charge < -0.3 is 18.1 Å². The molecule has 0 atom stereocenters. The van der Waals surface area contributed by atoms with Crippen molar-refractivity contribution < 1.29 is 18.1 Å². The second kappa shape index (κ2) is 38.6. The van der Waals surface area contributed by atoms with Crippen molar-refractivity contribution >= 4 is 58.2 Å². The standard InChI is InChI=1S/C38H80O4P2S4/c1-5-9-13-17-21-25-31-39-43(45,40-32-26-22-18-14-10-6-2)35-29-37-47-48-38-30-36-44(46,41-33-27-23-19-15-11-7-3)42-34-28-24-20-16-12-8-4/h5-38H2,1-4H3. The van der Waals surface area contributed by atoms with Crippen LogP contribution in [0.1, 0.15) is 195 Å². The van der Waals surface area contributed by atoms with Crippen LogP contribution in [0.15, 0.2) is 0 Å². The summed E-state index contributed by atoms with van der Waals surface area (Å²) in [5, 5.41) is 0. The van der Waals surface area contributed by atoms with Gasteiger partial charge in [-0.15, -0.1) is 0 Å². The third-order valence-corrected chi connectivity index (χ3v) is 17.5. The molecule has 0 saturated heterocycles. The normalized spacial score (nSPS) is 12.3. The quantitative estimate of drug-likeness (QED) is 0.0344.